The lowest BCUT2D eigenvalue weighted by Crippen LogP contribution is -2.12. The number of aromatic nitrogens is 1. The molecular formula is C11H10BrClN2S. The fourth-order valence-electron chi connectivity index (χ4n) is 1.27. The summed E-state index contributed by atoms with van der Waals surface area (Å²) in [4.78, 5) is 5.52. The summed E-state index contributed by atoms with van der Waals surface area (Å²) < 4.78 is 1.16. The van der Waals surface area contributed by atoms with Crippen molar-refractivity contribution in [3.05, 3.63) is 49.8 Å². The van der Waals surface area contributed by atoms with Crippen LogP contribution in [0.1, 0.15) is 10.6 Å². The van der Waals surface area contributed by atoms with Crippen molar-refractivity contribution in [1.29, 1.82) is 0 Å². The number of thiophene rings is 1. The molecule has 16 heavy (non-hydrogen) atoms. The van der Waals surface area contributed by atoms with Crippen LogP contribution in [0.25, 0.3) is 0 Å². The molecule has 0 aliphatic carbocycles. The summed E-state index contributed by atoms with van der Waals surface area (Å²) in [6, 6.07) is 7.95. The first-order valence-electron chi connectivity index (χ1n) is 4.79. The van der Waals surface area contributed by atoms with Crippen LogP contribution in [-0.4, -0.2) is 4.98 Å². The first kappa shape index (κ1) is 12.0. The molecule has 2 rings (SSSR count). The van der Waals surface area contributed by atoms with E-state index in [0.717, 1.165) is 22.6 Å². The van der Waals surface area contributed by atoms with Gasteiger partial charge in [-0.1, -0.05) is 11.6 Å². The van der Waals surface area contributed by atoms with E-state index < -0.39 is 0 Å². The molecule has 1 N–H and O–H groups in total. The number of hydrogen-bond acceptors (Lipinski definition) is 3. The molecule has 0 aliphatic heterocycles. The minimum absolute atomic E-state index is 0.672. The van der Waals surface area contributed by atoms with Crippen molar-refractivity contribution < 1.29 is 0 Å². The Morgan fingerprint density at radius 3 is 2.75 bits per heavy atom. The second kappa shape index (κ2) is 5.77. The zero-order chi connectivity index (χ0) is 11.4. The molecule has 2 heterocycles. The van der Waals surface area contributed by atoms with E-state index in [1.807, 2.05) is 12.1 Å². The summed E-state index contributed by atoms with van der Waals surface area (Å²) in [6.45, 7) is 1.62. The SMILES string of the molecule is Clc1ccc(CNCc2ccc(Br)s2)nc1. The van der Waals surface area contributed by atoms with Crippen LogP contribution < -0.4 is 5.32 Å². The Morgan fingerprint density at radius 1 is 1.25 bits per heavy atom. The Labute approximate surface area is 112 Å². The second-order valence-corrected chi connectivity index (χ2v) is 6.26. The topological polar surface area (TPSA) is 24.9 Å². The molecule has 0 unspecified atom stereocenters. The molecular weight excluding hydrogens is 308 g/mol. The standard InChI is InChI=1S/C11H10BrClN2S/c12-11-4-3-10(16-11)7-14-6-9-2-1-8(13)5-15-9/h1-5,14H,6-7H2. The van der Waals surface area contributed by atoms with Crippen molar-refractivity contribution in [3.8, 4) is 0 Å². The summed E-state index contributed by atoms with van der Waals surface area (Å²) >= 11 is 10.9. The molecule has 0 radical (unpaired) electrons. The van der Waals surface area contributed by atoms with E-state index >= 15 is 0 Å². The third kappa shape index (κ3) is 3.56. The summed E-state index contributed by atoms with van der Waals surface area (Å²) in [6.07, 6.45) is 1.67. The molecule has 5 heteroatoms. The second-order valence-electron chi connectivity index (χ2n) is 3.28. The Hall–Kier alpha value is -0.420. The van der Waals surface area contributed by atoms with E-state index in [0.29, 0.717) is 5.02 Å². The number of hydrogen-bond donors (Lipinski definition) is 1. The Morgan fingerprint density at radius 2 is 2.12 bits per heavy atom. The highest BCUT2D eigenvalue weighted by atomic mass is 79.9. The molecule has 0 bridgehead atoms. The van der Waals surface area contributed by atoms with Gasteiger partial charge in [-0.05, 0) is 40.2 Å². The molecule has 84 valence electrons. The molecule has 0 spiro atoms. The molecule has 0 saturated carbocycles. The van der Waals surface area contributed by atoms with Crippen LogP contribution in [-0.2, 0) is 13.1 Å². The van der Waals surface area contributed by atoms with Gasteiger partial charge in [0.2, 0.25) is 0 Å². The van der Waals surface area contributed by atoms with Crippen molar-refractivity contribution in [2.24, 2.45) is 0 Å². The molecule has 0 atom stereocenters. The van der Waals surface area contributed by atoms with Gasteiger partial charge in [0.15, 0.2) is 0 Å². The van der Waals surface area contributed by atoms with Crippen LogP contribution in [0.15, 0.2) is 34.2 Å². The lowest BCUT2D eigenvalue weighted by atomic mass is 10.3. The van der Waals surface area contributed by atoms with Gasteiger partial charge in [-0.2, -0.15) is 0 Å². The first-order valence-corrected chi connectivity index (χ1v) is 6.78. The Bertz CT molecular complexity index is 455. The van der Waals surface area contributed by atoms with E-state index in [9.17, 15) is 0 Å². The van der Waals surface area contributed by atoms with Gasteiger partial charge in [-0.3, -0.25) is 4.98 Å². The quantitative estimate of drug-likeness (QED) is 0.926. The van der Waals surface area contributed by atoms with Crippen molar-refractivity contribution in [1.82, 2.24) is 10.3 Å². The van der Waals surface area contributed by atoms with Crippen LogP contribution >= 0.6 is 38.9 Å². The zero-order valence-corrected chi connectivity index (χ0v) is 11.6. The highest BCUT2D eigenvalue weighted by molar-refractivity contribution is 9.11. The molecule has 0 aromatic carbocycles. The summed E-state index contributed by atoms with van der Waals surface area (Å²) in [7, 11) is 0. The van der Waals surface area contributed by atoms with Crippen molar-refractivity contribution in [2.45, 2.75) is 13.1 Å². The summed E-state index contributed by atoms with van der Waals surface area (Å²) in [5.74, 6) is 0. The number of nitrogens with zero attached hydrogens (tertiary/aromatic N) is 1. The third-order valence-electron chi connectivity index (χ3n) is 2.02. The van der Waals surface area contributed by atoms with Gasteiger partial charge in [-0.15, -0.1) is 11.3 Å². The zero-order valence-electron chi connectivity index (χ0n) is 8.41. The van der Waals surface area contributed by atoms with E-state index in [4.69, 9.17) is 11.6 Å². The van der Waals surface area contributed by atoms with Crippen LogP contribution in [0.2, 0.25) is 5.02 Å². The van der Waals surface area contributed by atoms with Gasteiger partial charge in [0, 0.05) is 24.2 Å². The number of pyridine rings is 1. The Kier molecular flexibility index (Phi) is 4.35. The lowest BCUT2D eigenvalue weighted by molar-refractivity contribution is 0.686. The Balaban J connectivity index is 1.82. The third-order valence-corrected chi connectivity index (χ3v) is 3.87. The van der Waals surface area contributed by atoms with Gasteiger partial charge in [0.1, 0.15) is 0 Å². The normalized spacial score (nSPS) is 10.6. The highest BCUT2D eigenvalue weighted by Crippen LogP contribution is 2.21. The van der Waals surface area contributed by atoms with Gasteiger partial charge in [-0.25, -0.2) is 0 Å². The van der Waals surface area contributed by atoms with Gasteiger partial charge >= 0.3 is 0 Å². The number of halogens is 2. The van der Waals surface area contributed by atoms with Gasteiger partial charge in [0.05, 0.1) is 14.5 Å². The number of nitrogens with one attached hydrogen (secondary N) is 1. The maximum absolute atomic E-state index is 5.76. The summed E-state index contributed by atoms with van der Waals surface area (Å²) in [5.41, 5.74) is 1.00. The molecule has 0 aliphatic rings. The average molecular weight is 318 g/mol. The lowest BCUT2D eigenvalue weighted by Gasteiger charge is -2.02. The average Bonchev–Trinajstić information content (AvgIpc) is 2.67. The number of rotatable bonds is 4. The molecule has 0 saturated heterocycles. The van der Waals surface area contributed by atoms with E-state index in [2.05, 4.69) is 38.4 Å². The van der Waals surface area contributed by atoms with E-state index in [1.54, 1.807) is 17.5 Å². The minimum Gasteiger partial charge on any atom is -0.306 e. The largest absolute Gasteiger partial charge is 0.306 e. The van der Waals surface area contributed by atoms with Gasteiger partial charge < -0.3 is 5.32 Å². The van der Waals surface area contributed by atoms with E-state index in [1.165, 1.54) is 4.88 Å². The molecule has 0 amide bonds. The molecule has 2 aromatic heterocycles. The fraction of sp³-hybridized carbons (Fsp3) is 0.182. The fourth-order valence-corrected chi connectivity index (χ4v) is 2.84. The van der Waals surface area contributed by atoms with Crippen LogP contribution in [0.4, 0.5) is 0 Å². The maximum atomic E-state index is 5.76. The predicted molar refractivity (Wildman–Crippen MR) is 71.8 cm³/mol. The van der Waals surface area contributed by atoms with Crippen molar-refractivity contribution in [2.75, 3.05) is 0 Å². The van der Waals surface area contributed by atoms with Crippen LogP contribution in [0, 0.1) is 0 Å². The van der Waals surface area contributed by atoms with Crippen molar-refractivity contribution >= 4 is 38.9 Å². The van der Waals surface area contributed by atoms with Crippen LogP contribution in [0.3, 0.4) is 0 Å². The summed E-state index contributed by atoms with van der Waals surface area (Å²) in [5, 5.41) is 4.01. The maximum Gasteiger partial charge on any atom is 0.0701 e. The predicted octanol–water partition coefficient (Wildman–Crippen LogP) is 3.85. The highest BCUT2D eigenvalue weighted by Gasteiger charge is 1.98. The molecule has 2 nitrogen and oxygen atoms in total. The van der Waals surface area contributed by atoms with Crippen LogP contribution in [0.5, 0.6) is 0 Å². The monoisotopic (exact) mass is 316 g/mol. The minimum atomic E-state index is 0.672. The first-order chi connectivity index (χ1) is 7.74. The van der Waals surface area contributed by atoms with Crippen molar-refractivity contribution in [3.63, 3.8) is 0 Å². The molecule has 2 aromatic rings. The van der Waals surface area contributed by atoms with Gasteiger partial charge in [0.25, 0.3) is 0 Å². The van der Waals surface area contributed by atoms with E-state index in [-0.39, 0.29) is 0 Å². The smallest absolute Gasteiger partial charge is 0.0701 e. The molecule has 0 fully saturated rings.